The zero-order valence-corrected chi connectivity index (χ0v) is 36.2. The van der Waals surface area contributed by atoms with E-state index in [0.29, 0.717) is 16.7 Å². The molecule has 0 saturated heterocycles. The predicted molar refractivity (Wildman–Crippen MR) is 255 cm³/mol. The number of nitrogens with zero attached hydrogens (tertiary/aromatic N) is 2. The normalized spacial score (nSPS) is 17.7. The van der Waals surface area contributed by atoms with E-state index in [1.54, 1.807) is 13.8 Å². The van der Waals surface area contributed by atoms with Gasteiger partial charge in [0.05, 0.1) is 22.8 Å². The van der Waals surface area contributed by atoms with E-state index in [2.05, 4.69) is 152 Å². The molecule has 5 heterocycles. The van der Waals surface area contributed by atoms with E-state index in [1.807, 2.05) is 6.92 Å². The van der Waals surface area contributed by atoms with Crippen LogP contribution in [0.15, 0.2) is 119 Å². The third-order valence-corrected chi connectivity index (χ3v) is 13.6. The number of aromatic amines is 2. The molecule has 2 aliphatic carbocycles. The lowest BCUT2D eigenvalue weighted by Crippen LogP contribution is -2.27. The zero-order valence-electron chi connectivity index (χ0n) is 36.2. The van der Waals surface area contributed by atoms with E-state index in [0.717, 1.165) is 115 Å². The Balaban J connectivity index is 1.24. The van der Waals surface area contributed by atoms with Crippen LogP contribution in [0.25, 0.3) is 79.8 Å². The second-order valence-corrected chi connectivity index (χ2v) is 17.6. The molecule has 8 bridgehead atoms. The van der Waals surface area contributed by atoms with Crippen LogP contribution in [-0.4, -0.2) is 31.5 Å². The van der Waals surface area contributed by atoms with Gasteiger partial charge in [0, 0.05) is 66.6 Å². The molecule has 4 aliphatic rings. The lowest BCUT2D eigenvalue weighted by Gasteiger charge is -2.32. The third kappa shape index (κ3) is 6.84. The van der Waals surface area contributed by atoms with Gasteiger partial charge in [0.2, 0.25) is 0 Å². The summed E-state index contributed by atoms with van der Waals surface area (Å²) in [6.45, 7) is 11.8. The van der Waals surface area contributed by atoms with Gasteiger partial charge in [-0.3, -0.25) is 9.59 Å². The number of rotatable bonds is 5. The topological polar surface area (TPSA) is 91.5 Å². The molecular formula is C56H50N4O2. The van der Waals surface area contributed by atoms with E-state index in [1.165, 1.54) is 16.7 Å². The fraction of sp³-hybridized carbons (Fsp3) is 0.214. The van der Waals surface area contributed by atoms with Crippen molar-refractivity contribution in [1.29, 1.82) is 0 Å². The second-order valence-electron chi connectivity index (χ2n) is 17.6. The Hall–Kier alpha value is -6.92. The highest BCUT2D eigenvalue weighted by molar-refractivity contribution is 6.24. The van der Waals surface area contributed by atoms with Crippen LogP contribution in [0.5, 0.6) is 0 Å². The van der Waals surface area contributed by atoms with E-state index in [9.17, 15) is 9.59 Å². The van der Waals surface area contributed by atoms with Crippen molar-refractivity contribution in [2.75, 3.05) is 0 Å². The molecule has 1 saturated carbocycles. The van der Waals surface area contributed by atoms with Gasteiger partial charge in [-0.25, -0.2) is 9.97 Å². The number of nitrogens with one attached hydrogen (secondary N) is 2. The molecule has 3 aromatic carbocycles. The summed E-state index contributed by atoms with van der Waals surface area (Å²) >= 11 is 0. The molecule has 62 heavy (non-hydrogen) atoms. The maximum absolute atomic E-state index is 13.7. The first kappa shape index (κ1) is 39.2. The van der Waals surface area contributed by atoms with E-state index >= 15 is 0 Å². The summed E-state index contributed by atoms with van der Waals surface area (Å²) in [4.78, 5) is 45.7. The molecular weight excluding hydrogens is 761 g/mol. The van der Waals surface area contributed by atoms with Crippen LogP contribution in [0.2, 0.25) is 0 Å². The SMILES string of the molecule is CC1=C(C)C(=O)C(C2CCC(c3c4nc(c(-c5ccc(C)cc5)c5ccc([nH]5)c(-c5ccc(C)cc5)c5ccc([nH]5)c(-c5ccc(C)cc5)c5nc3C=C5)C=C4)CC2)=C(C)C1=O. The average molecular weight is 811 g/mol. The van der Waals surface area contributed by atoms with Crippen LogP contribution in [0, 0.1) is 26.7 Å². The van der Waals surface area contributed by atoms with Crippen LogP contribution in [0.1, 0.15) is 97.4 Å². The van der Waals surface area contributed by atoms with Crippen molar-refractivity contribution in [1.82, 2.24) is 19.9 Å². The van der Waals surface area contributed by atoms with Gasteiger partial charge in [-0.15, -0.1) is 0 Å². The third-order valence-electron chi connectivity index (χ3n) is 13.6. The number of ketones is 2. The van der Waals surface area contributed by atoms with E-state index in [-0.39, 0.29) is 23.4 Å². The summed E-state index contributed by atoms with van der Waals surface area (Å²) in [5, 5.41) is 0. The van der Waals surface area contributed by atoms with E-state index in [4.69, 9.17) is 9.97 Å². The van der Waals surface area contributed by atoms with Gasteiger partial charge in [0.1, 0.15) is 0 Å². The molecule has 6 heteroatoms. The summed E-state index contributed by atoms with van der Waals surface area (Å²) in [7, 11) is 0. The number of allylic oxidation sites excluding steroid dienone is 4. The Morgan fingerprint density at radius 3 is 1.19 bits per heavy atom. The Morgan fingerprint density at radius 2 is 0.758 bits per heavy atom. The van der Waals surface area contributed by atoms with Gasteiger partial charge >= 0.3 is 0 Å². The molecule has 2 aliphatic heterocycles. The largest absolute Gasteiger partial charge is 0.354 e. The van der Waals surface area contributed by atoms with Crippen molar-refractivity contribution in [3.05, 3.63) is 164 Å². The maximum Gasteiger partial charge on any atom is 0.185 e. The molecule has 3 aromatic heterocycles. The zero-order chi connectivity index (χ0) is 42.8. The fourth-order valence-electron chi connectivity index (χ4n) is 10.0. The number of benzene rings is 3. The highest BCUT2D eigenvalue weighted by atomic mass is 16.1. The number of carbonyl (C=O) groups excluding carboxylic acids is 2. The van der Waals surface area contributed by atoms with Crippen LogP contribution >= 0.6 is 0 Å². The second kappa shape index (κ2) is 15.5. The first-order valence-corrected chi connectivity index (χ1v) is 21.9. The minimum Gasteiger partial charge on any atom is -0.354 e. The number of carbonyl (C=O) groups is 2. The lowest BCUT2D eigenvalue weighted by molar-refractivity contribution is -0.117. The van der Waals surface area contributed by atoms with Gasteiger partial charge in [0.25, 0.3) is 0 Å². The Bertz CT molecular complexity index is 3000. The highest BCUT2D eigenvalue weighted by Crippen LogP contribution is 2.45. The fourth-order valence-corrected chi connectivity index (χ4v) is 10.0. The Morgan fingerprint density at radius 1 is 0.403 bits per heavy atom. The number of hydrogen-bond acceptors (Lipinski definition) is 4. The van der Waals surface area contributed by atoms with Crippen molar-refractivity contribution in [2.45, 2.75) is 73.1 Å². The van der Waals surface area contributed by atoms with Crippen molar-refractivity contribution >= 4 is 57.9 Å². The summed E-state index contributed by atoms with van der Waals surface area (Å²) < 4.78 is 0. The summed E-state index contributed by atoms with van der Waals surface area (Å²) in [5.41, 5.74) is 21.2. The van der Waals surface area contributed by atoms with Crippen molar-refractivity contribution in [3.63, 3.8) is 0 Å². The predicted octanol–water partition coefficient (Wildman–Crippen LogP) is 13.7. The molecule has 2 N–H and O–H groups in total. The average Bonchev–Trinajstić information content (AvgIpc) is 4.13. The molecule has 0 amide bonds. The van der Waals surface area contributed by atoms with Crippen LogP contribution in [0.4, 0.5) is 0 Å². The van der Waals surface area contributed by atoms with Gasteiger partial charge in [-0.05, 0) is 144 Å². The molecule has 10 rings (SSSR count). The van der Waals surface area contributed by atoms with Gasteiger partial charge in [-0.2, -0.15) is 0 Å². The smallest absolute Gasteiger partial charge is 0.185 e. The maximum atomic E-state index is 13.7. The molecule has 0 spiro atoms. The summed E-state index contributed by atoms with van der Waals surface area (Å²) in [6.07, 6.45) is 12.0. The molecule has 6 aromatic rings. The van der Waals surface area contributed by atoms with Crippen molar-refractivity contribution in [3.8, 4) is 33.4 Å². The van der Waals surface area contributed by atoms with Crippen LogP contribution in [-0.2, 0) is 9.59 Å². The minimum absolute atomic E-state index is 0.00191. The minimum atomic E-state index is 0.00191. The monoisotopic (exact) mass is 810 g/mol. The number of H-pyrrole nitrogens is 2. The standard InChI is InChI=1S/C56H50N4O2/c1-31-7-13-38(14-8-31)51-42-23-25-44(57-42)52(39-15-9-32(2)10-16-39)46-27-29-48(59-46)54(41-21-19-37(20-22-41)50-36(6)55(61)34(4)35(5)56(50)62)49-30-28-47(60-49)53(45-26-24-43(51)58-45)40-17-11-33(3)12-18-40/h7-18,23-30,37,41,57-58H,19-22H2,1-6H3. The number of hydrogen-bond donors (Lipinski definition) is 2. The van der Waals surface area contributed by atoms with Crippen molar-refractivity contribution < 1.29 is 9.59 Å². The number of fused-ring (bicyclic) bond motifs is 8. The van der Waals surface area contributed by atoms with Crippen molar-refractivity contribution in [2.24, 2.45) is 5.92 Å². The van der Waals surface area contributed by atoms with Gasteiger partial charge in [-0.1, -0.05) is 89.5 Å². The first-order valence-electron chi connectivity index (χ1n) is 21.9. The summed E-state index contributed by atoms with van der Waals surface area (Å²) in [6, 6.07) is 34.9. The first-order chi connectivity index (χ1) is 30.0. The molecule has 306 valence electrons. The number of Topliss-reactive ketones (excluding diaryl/α,β-unsaturated/α-hetero) is 2. The lowest BCUT2D eigenvalue weighted by atomic mass is 9.71. The molecule has 0 unspecified atom stereocenters. The Kier molecular flexibility index (Phi) is 9.82. The highest BCUT2D eigenvalue weighted by Gasteiger charge is 2.36. The number of aromatic nitrogens is 4. The molecule has 0 atom stereocenters. The van der Waals surface area contributed by atoms with Gasteiger partial charge in [0.15, 0.2) is 11.6 Å². The molecule has 1 fully saturated rings. The van der Waals surface area contributed by atoms with E-state index < -0.39 is 0 Å². The molecule has 6 nitrogen and oxygen atoms in total. The number of aryl methyl sites for hydroxylation is 3. The van der Waals surface area contributed by atoms with Crippen LogP contribution < -0.4 is 0 Å². The Labute approximate surface area is 362 Å². The van der Waals surface area contributed by atoms with Gasteiger partial charge < -0.3 is 9.97 Å². The quantitative estimate of drug-likeness (QED) is 0.169. The molecule has 0 radical (unpaired) electrons. The van der Waals surface area contributed by atoms with Crippen LogP contribution in [0.3, 0.4) is 0 Å². The summed E-state index contributed by atoms with van der Waals surface area (Å²) in [5.74, 6) is 0.225.